The quantitative estimate of drug-likeness (QED) is 0.711. The van der Waals surface area contributed by atoms with Crippen molar-refractivity contribution in [1.29, 1.82) is 0 Å². The van der Waals surface area contributed by atoms with E-state index in [0.717, 1.165) is 58.0 Å². The Morgan fingerprint density at radius 1 is 1.23 bits per heavy atom. The Kier molecular flexibility index (Phi) is 4.74. The van der Waals surface area contributed by atoms with Gasteiger partial charge in [-0.2, -0.15) is 0 Å². The standard InChI is InChI=1S/C28H31FN4O2/c29-23-14-21(3-5-22(23)19-4-6-24-20(13-19)7-11-30-24)25-31-28(9-10-28)27(35)33(25)16-17-8-12-32(15-17)26(34)18-1-2-18/h3,5-6,13-14,17-19,30H,1-2,4,7-12,15-16H2/t17-,19?/m1/s1. The van der Waals surface area contributed by atoms with Gasteiger partial charge in [0.25, 0.3) is 5.91 Å². The molecule has 0 radical (unpaired) electrons. The third kappa shape index (κ3) is 3.62. The summed E-state index contributed by atoms with van der Waals surface area (Å²) in [6, 6.07) is 5.38. The molecule has 0 bridgehead atoms. The van der Waals surface area contributed by atoms with Gasteiger partial charge in [0.1, 0.15) is 17.2 Å². The second-order valence-corrected chi connectivity index (χ2v) is 11.2. The minimum absolute atomic E-state index is 0.0363. The summed E-state index contributed by atoms with van der Waals surface area (Å²) in [5.41, 5.74) is 3.23. The molecule has 6 aliphatic rings. The van der Waals surface area contributed by atoms with Gasteiger partial charge in [0.2, 0.25) is 5.91 Å². The molecule has 6 nitrogen and oxygen atoms in total. The molecule has 1 N–H and O–H groups in total. The fourth-order valence-corrected chi connectivity index (χ4v) is 6.22. The van der Waals surface area contributed by atoms with Crippen LogP contribution in [0.1, 0.15) is 62.0 Å². The normalized spacial score (nSPS) is 28.6. The first-order valence-corrected chi connectivity index (χ1v) is 13.2. The number of halogens is 1. The molecule has 3 aliphatic heterocycles. The SMILES string of the molecule is O=C(C1CC1)N1CC[C@@H](CN2C(=O)C3(CC3)N=C2c2ccc(C3C=C4CCNC4=CC3)c(F)c2)C1. The second kappa shape index (κ2) is 7.77. The molecule has 2 amide bonds. The molecule has 2 saturated heterocycles. The Morgan fingerprint density at radius 2 is 2.09 bits per heavy atom. The van der Waals surface area contributed by atoms with E-state index < -0.39 is 5.54 Å². The van der Waals surface area contributed by atoms with E-state index >= 15 is 4.39 Å². The molecule has 1 aromatic carbocycles. The van der Waals surface area contributed by atoms with Crippen molar-refractivity contribution in [2.75, 3.05) is 26.2 Å². The molecule has 7 heteroatoms. The van der Waals surface area contributed by atoms with Gasteiger partial charge < -0.3 is 10.2 Å². The monoisotopic (exact) mass is 474 g/mol. The van der Waals surface area contributed by atoms with Crippen molar-refractivity contribution in [3.05, 3.63) is 58.6 Å². The molecule has 3 heterocycles. The van der Waals surface area contributed by atoms with Crippen LogP contribution in [0, 0.1) is 17.7 Å². The fourth-order valence-electron chi connectivity index (χ4n) is 6.22. The van der Waals surface area contributed by atoms with Crippen LogP contribution in [0.25, 0.3) is 0 Å². The minimum Gasteiger partial charge on any atom is -0.385 e. The fraction of sp³-hybridized carbons (Fsp3) is 0.536. The lowest BCUT2D eigenvalue weighted by molar-refractivity contribution is -0.131. The number of hydrogen-bond donors (Lipinski definition) is 1. The highest BCUT2D eigenvalue weighted by Crippen LogP contribution is 2.46. The van der Waals surface area contributed by atoms with Gasteiger partial charge in [0.05, 0.1) is 0 Å². The zero-order valence-corrected chi connectivity index (χ0v) is 19.9. The van der Waals surface area contributed by atoms with Crippen LogP contribution in [0.15, 0.2) is 46.6 Å². The van der Waals surface area contributed by atoms with Crippen molar-refractivity contribution in [1.82, 2.24) is 15.1 Å². The molecule has 0 aromatic heterocycles. The van der Waals surface area contributed by atoms with Gasteiger partial charge in [-0.15, -0.1) is 0 Å². The van der Waals surface area contributed by atoms with Gasteiger partial charge in [-0.3, -0.25) is 19.5 Å². The van der Waals surface area contributed by atoms with Crippen LogP contribution < -0.4 is 5.32 Å². The number of fused-ring (bicyclic) bond motifs is 1. The maximum atomic E-state index is 15.4. The lowest BCUT2D eigenvalue weighted by atomic mass is 9.87. The van der Waals surface area contributed by atoms with E-state index in [1.54, 1.807) is 11.0 Å². The Hall–Kier alpha value is -2.96. The molecule has 7 rings (SSSR count). The smallest absolute Gasteiger partial charge is 0.256 e. The number of benzene rings is 1. The van der Waals surface area contributed by atoms with Gasteiger partial charge in [0, 0.05) is 49.3 Å². The summed E-state index contributed by atoms with van der Waals surface area (Å²) in [5.74, 6) is 1.19. The summed E-state index contributed by atoms with van der Waals surface area (Å²) in [7, 11) is 0. The van der Waals surface area contributed by atoms with Crippen LogP contribution in [0.5, 0.6) is 0 Å². The second-order valence-electron chi connectivity index (χ2n) is 11.2. The molecule has 4 fully saturated rings. The van der Waals surface area contributed by atoms with Crippen LogP contribution in [-0.2, 0) is 9.59 Å². The Labute approximate surface area is 204 Å². The summed E-state index contributed by atoms with van der Waals surface area (Å²) in [6.45, 7) is 2.97. The maximum Gasteiger partial charge on any atom is 0.256 e. The van der Waals surface area contributed by atoms with E-state index in [2.05, 4.69) is 17.5 Å². The molecular formula is C28H31FN4O2. The number of carbonyl (C=O) groups excluding carboxylic acids is 2. The zero-order chi connectivity index (χ0) is 23.7. The number of allylic oxidation sites excluding steroid dienone is 3. The Bertz CT molecular complexity index is 1210. The average Bonchev–Trinajstić information content (AvgIpc) is 3.74. The molecule has 2 atom stereocenters. The van der Waals surface area contributed by atoms with E-state index in [0.29, 0.717) is 30.1 Å². The van der Waals surface area contributed by atoms with Crippen LogP contribution >= 0.6 is 0 Å². The summed E-state index contributed by atoms with van der Waals surface area (Å²) < 4.78 is 15.4. The number of hydrogen-bond acceptors (Lipinski definition) is 4. The van der Waals surface area contributed by atoms with Gasteiger partial charge in [-0.05, 0) is 68.1 Å². The van der Waals surface area contributed by atoms with Crippen LogP contribution in [-0.4, -0.2) is 59.2 Å². The van der Waals surface area contributed by atoms with Crippen LogP contribution in [0.2, 0.25) is 0 Å². The number of nitrogens with one attached hydrogen (secondary N) is 1. The highest BCUT2D eigenvalue weighted by molar-refractivity contribution is 6.16. The zero-order valence-electron chi connectivity index (χ0n) is 19.9. The molecular weight excluding hydrogens is 443 g/mol. The summed E-state index contributed by atoms with van der Waals surface area (Å²) >= 11 is 0. The highest BCUT2D eigenvalue weighted by Gasteiger charge is 2.57. The molecule has 1 spiro atoms. The van der Waals surface area contributed by atoms with Crippen molar-refractivity contribution in [2.45, 2.75) is 56.4 Å². The van der Waals surface area contributed by atoms with E-state index in [4.69, 9.17) is 4.99 Å². The summed E-state index contributed by atoms with van der Waals surface area (Å²) in [4.78, 5) is 34.4. The third-order valence-corrected chi connectivity index (χ3v) is 8.60. The Morgan fingerprint density at radius 3 is 2.86 bits per heavy atom. The molecule has 3 aliphatic carbocycles. The maximum absolute atomic E-state index is 15.4. The van der Waals surface area contributed by atoms with Gasteiger partial charge >= 0.3 is 0 Å². The molecule has 35 heavy (non-hydrogen) atoms. The third-order valence-electron chi connectivity index (χ3n) is 8.60. The van der Waals surface area contributed by atoms with Crippen molar-refractivity contribution in [3.63, 3.8) is 0 Å². The number of likely N-dealkylation sites (tertiary alicyclic amines) is 1. The first-order chi connectivity index (χ1) is 17.0. The van der Waals surface area contributed by atoms with Crippen molar-refractivity contribution < 1.29 is 14.0 Å². The lowest BCUT2D eigenvalue weighted by Crippen LogP contribution is -2.41. The van der Waals surface area contributed by atoms with Crippen molar-refractivity contribution in [2.24, 2.45) is 16.8 Å². The first kappa shape index (κ1) is 21.3. The summed E-state index contributed by atoms with van der Waals surface area (Å²) in [5, 5.41) is 3.38. The number of aliphatic imine (C=N–C) groups is 1. The summed E-state index contributed by atoms with van der Waals surface area (Å²) in [6.07, 6.45) is 10.6. The minimum atomic E-state index is -0.628. The van der Waals surface area contributed by atoms with Gasteiger partial charge in [-0.1, -0.05) is 24.3 Å². The highest BCUT2D eigenvalue weighted by atomic mass is 19.1. The van der Waals surface area contributed by atoms with E-state index in [9.17, 15) is 9.59 Å². The topological polar surface area (TPSA) is 65.0 Å². The molecule has 2 saturated carbocycles. The average molecular weight is 475 g/mol. The van der Waals surface area contributed by atoms with Crippen molar-refractivity contribution in [3.8, 4) is 0 Å². The Balaban J connectivity index is 1.11. The predicted molar refractivity (Wildman–Crippen MR) is 130 cm³/mol. The molecule has 1 aromatic rings. The first-order valence-electron chi connectivity index (χ1n) is 13.2. The van der Waals surface area contributed by atoms with E-state index in [1.807, 2.05) is 17.0 Å². The van der Waals surface area contributed by atoms with Crippen molar-refractivity contribution >= 4 is 17.6 Å². The molecule has 182 valence electrons. The van der Waals surface area contributed by atoms with E-state index in [-0.39, 0.29) is 35.4 Å². The number of carbonyl (C=O) groups is 2. The predicted octanol–water partition coefficient (Wildman–Crippen LogP) is 3.50. The van der Waals surface area contributed by atoms with Crippen LogP contribution in [0.3, 0.4) is 0 Å². The number of rotatable bonds is 5. The van der Waals surface area contributed by atoms with E-state index in [1.165, 1.54) is 11.3 Å². The largest absolute Gasteiger partial charge is 0.385 e. The van der Waals surface area contributed by atoms with Crippen LogP contribution in [0.4, 0.5) is 4.39 Å². The van der Waals surface area contributed by atoms with Gasteiger partial charge in [-0.25, -0.2) is 4.39 Å². The van der Waals surface area contributed by atoms with Gasteiger partial charge in [0.15, 0.2) is 0 Å². The molecule has 1 unspecified atom stereocenters. The lowest BCUT2D eigenvalue weighted by Gasteiger charge is -2.24. The number of nitrogens with zero attached hydrogens (tertiary/aromatic N) is 3. The number of amidine groups is 1. The number of amides is 2.